The van der Waals surface area contributed by atoms with Crippen LogP contribution in [-0.2, 0) is 11.3 Å². The number of nitrogen functional groups attached to an aromatic ring is 1. The van der Waals surface area contributed by atoms with E-state index in [-0.39, 0.29) is 34.7 Å². The van der Waals surface area contributed by atoms with Crippen LogP contribution in [0.1, 0.15) is 29.9 Å². The maximum absolute atomic E-state index is 13.7. The van der Waals surface area contributed by atoms with Crippen molar-refractivity contribution in [1.82, 2.24) is 15.0 Å². The van der Waals surface area contributed by atoms with Crippen LogP contribution in [0.4, 0.5) is 10.2 Å². The van der Waals surface area contributed by atoms with Crippen molar-refractivity contribution in [3.05, 3.63) is 40.3 Å². The maximum atomic E-state index is 13.7. The first-order valence-corrected chi connectivity index (χ1v) is 6.60. The minimum Gasteiger partial charge on any atom is -0.458 e. The Labute approximate surface area is 125 Å². The van der Waals surface area contributed by atoms with E-state index in [4.69, 9.17) is 22.1 Å². The molecule has 1 aromatic carbocycles. The molecule has 0 aliphatic carbocycles. The van der Waals surface area contributed by atoms with E-state index in [2.05, 4.69) is 10.3 Å². The molecule has 0 saturated heterocycles. The molecule has 2 N–H and O–H groups in total. The van der Waals surface area contributed by atoms with Gasteiger partial charge in [-0.3, -0.25) is 0 Å². The fraction of sp³-hybridized carbons (Fsp3) is 0.308. The van der Waals surface area contributed by atoms with Gasteiger partial charge in [0.05, 0.1) is 12.6 Å². The number of carbonyl (C=O) groups is 1. The van der Waals surface area contributed by atoms with Gasteiger partial charge in [0.15, 0.2) is 5.82 Å². The van der Waals surface area contributed by atoms with Gasteiger partial charge >= 0.3 is 5.97 Å². The van der Waals surface area contributed by atoms with Crippen LogP contribution < -0.4 is 5.73 Å². The van der Waals surface area contributed by atoms with E-state index in [0.717, 1.165) is 0 Å². The van der Waals surface area contributed by atoms with Gasteiger partial charge in [-0.05, 0) is 26.0 Å². The largest absolute Gasteiger partial charge is 0.458 e. The molecule has 1 heterocycles. The highest BCUT2D eigenvalue weighted by Gasteiger charge is 2.21. The lowest BCUT2D eigenvalue weighted by Gasteiger charge is -2.08. The molecule has 112 valence electrons. The zero-order chi connectivity index (χ0) is 15.6. The molecular weight excluding hydrogens is 299 g/mol. The van der Waals surface area contributed by atoms with Crippen molar-refractivity contribution >= 4 is 23.4 Å². The second-order valence-electron chi connectivity index (χ2n) is 4.64. The van der Waals surface area contributed by atoms with Gasteiger partial charge in [-0.25, -0.2) is 13.9 Å². The van der Waals surface area contributed by atoms with Crippen LogP contribution in [0.25, 0.3) is 0 Å². The molecule has 0 fully saturated rings. The predicted molar refractivity (Wildman–Crippen MR) is 75.5 cm³/mol. The Morgan fingerprint density at radius 2 is 2.24 bits per heavy atom. The van der Waals surface area contributed by atoms with Crippen LogP contribution in [0.2, 0.25) is 5.02 Å². The number of hydrogen-bond donors (Lipinski definition) is 1. The van der Waals surface area contributed by atoms with Gasteiger partial charge in [-0.2, -0.15) is 0 Å². The Morgan fingerprint density at radius 3 is 2.86 bits per heavy atom. The Morgan fingerprint density at radius 1 is 1.52 bits per heavy atom. The summed E-state index contributed by atoms with van der Waals surface area (Å²) in [5.74, 6) is -1.16. The third-order valence-corrected chi connectivity index (χ3v) is 3.03. The Kier molecular flexibility index (Phi) is 4.42. The minimum atomic E-state index is -0.673. The van der Waals surface area contributed by atoms with Gasteiger partial charge in [0, 0.05) is 10.6 Å². The summed E-state index contributed by atoms with van der Waals surface area (Å²) < 4.78 is 19.9. The summed E-state index contributed by atoms with van der Waals surface area (Å²) in [4.78, 5) is 11.8. The molecule has 2 rings (SSSR count). The lowest BCUT2D eigenvalue weighted by molar-refractivity contribution is 0.0372. The van der Waals surface area contributed by atoms with E-state index < -0.39 is 11.8 Å². The summed E-state index contributed by atoms with van der Waals surface area (Å²) >= 11 is 5.94. The lowest BCUT2D eigenvalue weighted by atomic mass is 10.2. The summed E-state index contributed by atoms with van der Waals surface area (Å²) in [5, 5.41) is 7.66. The normalized spacial score (nSPS) is 10.9. The zero-order valence-electron chi connectivity index (χ0n) is 11.5. The molecular formula is C13H14ClFN4O2. The van der Waals surface area contributed by atoms with Crippen LogP contribution in [0.15, 0.2) is 18.2 Å². The molecule has 0 radical (unpaired) electrons. The average Bonchev–Trinajstić information content (AvgIpc) is 2.75. The summed E-state index contributed by atoms with van der Waals surface area (Å²) in [5.41, 5.74) is 5.92. The fourth-order valence-electron chi connectivity index (χ4n) is 1.69. The van der Waals surface area contributed by atoms with Gasteiger partial charge in [0.1, 0.15) is 5.82 Å². The van der Waals surface area contributed by atoms with Gasteiger partial charge < -0.3 is 10.5 Å². The highest BCUT2D eigenvalue weighted by atomic mass is 35.5. The number of aromatic nitrogens is 3. The monoisotopic (exact) mass is 312 g/mol. The molecule has 0 aliphatic rings. The van der Waals surface area contributed by atoms with Crippen LogP contribution >= 0.6 is 11.6 Å². The molecule has 0 atom stereocenters. The molecule has 21 heavy (non-hydrogen) atoms. The predicted octanol–water partition coefficient (Wildman–Crippen LogP) is 2.27. The number of carbonyl (C=O) groups excluding carboxylic acids is 1. The number of nitrogens with zero attached hydrogens (tertiary/aromatic N) is 3. The number of esters is 1. The molecule has 0 bridgehead atoms. The van der Waals surface area contributed by atoms with E-state index >= 15 is 0 Å². The van der Waals surface area contributed by atoms with Crippen molar-refractivity contribution < 1.29 is 13.9 Å². The van der Waals surface area contributed by atoms with E-state index in [9.17, 15) is 9.18 Å². The van der Waals surface area contributed by atoms with Crippen molar-refractivity contribution in [2.24, 2.45) is 0 Å². The second kappa shape index (κ2) is 6.09. The molecule has 2 aromatic rings. The van der Waals surface area contributed by atoms with Gasteiger partial charge in [0.2, 0.25) is 5.69 Å². The molecule has 0 spiro atoms. The first-order valence-electron chi connectivity index (χ1n) is 6.23. The molecule has 1 aromatic heterocycles. The molecule has 0 saturated carbocycles. The summed E-state index contributed by atoms with van der Waals surface area (Å²) in [6, 6.07) is 4.33. The number of benzene rings is 1. The van der Waals surface area contributed by atoms with Crippen LogP contribution in [0.5, 0.6) is 0 Å². The maximum Gasteiger partial charge on any atom is 0.363 e. The number of ether oxygens (including phenoxy) is 1. The Hall–Kier alpha value is -2.15. The first kappa shape index (κ1) is 15.2. The molecule has 0 aliphatic heterocycles. The van der Waals surface area contributed by atoms with Crippen LogP contribution in [0, 0.1) is 5.82 Å². The minimum absolute atomic E-state index is 0.0000280. The van der Waals surface area contributed by atoms with Crippen molar-refractivity contribution in [3.63, 3.8) is 0 Å². The van der Waals surface area contributed by atoms with E-state index in [1.165, 1.54) is 16.8 Å². The SMILES string of the molecule is CC(C)OC(=O)c1nnn(Cc2c(F)cccc2Cl)c1N. The molecule has 8 heteroatoms. The smallest absolute Gasteiger partial charge is 0.363 e. The lowest BCUT2D eigenvalue weighted by Crippen LogP contribution is -2.14. The molecule has 0 unspecified atom stereocenters. The average molecular weight is 313 g/mol. The number of nitrogens with two attached hydrogens (primary N) is 1. The molecule has 6 nitrogen and oxygen atoms in total. The summed E-state index contributed by atoms with van der Waals surface area (Å²) in [7, 11) is 0. The zero-order valence-corrected chi connectivity index (χ0v) is 12.3. The first-order chi connectivity index (χ1) is 9.90. The second-order valence-corrected chi connectivity index (χ2v) is 5.04. The topological polar surface area (TPSA) is 83.0 Å². The Balaban J connectivity index is 2.27. The number of rotatable bonds is 4. The number of hydrogen-bond acceptors (Lipinski definition) is 5. The van der Waals surface area contributed by atoms with Crippen LogP contribution in [-0.4, -0.2) is 27.1 Å². The van der Waals surface area contributed by atoms with Gasteiger partial charge in [-0.1, -0.05) is 22.9 Å². The van der Waals surface area contributed by atoms with Crippen molar-refractivity contribution in [3.8, 4) is 0 Å². The third kappa shape index (κ3) is 3.30. The quantitative estimate of drug-likeness (QED) is 0.876. The highest BCUT2D eigenvalue weighted by molar-refractivity contribution is 6.31. The Bertz CT molecular complexity index is 652. The van der Waals surface area contributed by atoms with E-state index in [0.29, 0.717) is 0 Å². The van der Waals surface area contributed by atoms with Crippen LogP contribution in [0.3, 0.4) is 0 Å². The van der Waals surface area contributed by atoms with Crippen molar-refractivity contribution in [2.45, 2.75) is 26.5 Å². The van der Waals surface area contributed by atoms with Gasteiger partial charge in [0.25, 0.3) is 0 Å². The van der Waals surface area contributed by atoms with Crippen molar-refractivity contribution in [2.75, 3.05) is 5.73 Å². The standard InChI is InChI=1S/C13H14ClFN4O2/c1-7(2)21-13(20)11-12(16)19(18-17-11)6-8-9(14)4-3-5-10(8)15/h3-5,7H,6,16H2,1-2H3. The summed E-state index contributed by atoms with van der Waals surface area (Å²) in [6.07, 6.45) is -0.303. The number of anilines is 1. The summed E-state index contributed by atoms with van der Waals surface area (Å²) in [6.45, 7) is 3.38. The highest BCUT2D eigenvalue weighted by Crippen LogP contribution is 2.21. The molecule has 0 amide bonds. The number of halogens is 2. The van der Waals surface area contributed by atoms with E-state index in [1.54, 1.807) is 19.9 Å². The van der Waals surface area contributed by atoms with Crippen molar-refractivity contribution in [1.29, 1.82) is 0 Å². The van der Waals surface area contributed by atoms with E-state index in [1.807, 2.05) is 0 Å². The third-order valence-electron chi connectivity index (χ3n) is 2.68. The van der Waals surface area contributed by atoms with Gasteiger partial charge in [-0.15, -0.1) is 5.10 Å². The fourth-order valence-corrected chi connectivity index (χ4v) is 1.91.